The molecule has 8 heavy (non-hydrogen) atoms. The third-order valence-electron chi connectivity index (χ3n) is 4.14. The monoisotopic (exact) mass is 108 g/mol. The maximum atomic E-state index is 2.46. The van der Waals surface area contributed by atoms with E-state index in [1.54, 1.807) is 25.7 Å². The Labute approximate surface area is 50.3 Å². The summed E-state index contributed by atoms with van der Waals surface area (Å²) < 4.78 is 0. The topological polar surface area (TPSA) is 0 Å². The van der Waals surface area contributed by atoms with Crippen LogP contribution in [0.3, 0.4) is 0 Å². The van der Waals surface area contributed by atoms with Crippen LogP contribution >= 0.6 is 0 Å². The van der Waals surface area contributed by atoms with Crippen molar-refractivity contribution in [2.45, 2.75) is 32.6 Å². The van der Waals surface area contributed by atoms with Gasteiger partial charge in [-0.05, 0) is 42.4 Å². The van der Waals surface area contributed by atoms with Crippen LogP contribution in [0.1, 0.15) is 32.6 Å². The minimum atomic E-state index is 0.965. The van der Waals surface area contributed by atoms with Gasteiger partial charge in [-0.25, -0.2) is 0 Å². The predicted molar refractivity (Wildman–Crippen MR) is 32.5 cm³/mol. The molecule has 0 aromatic rings. The SMILES string of the molecule is CC1C2(CC2)C12CC2. The van der Waals surface area contributed by atoms with E-state index < -0.39 is 0 Å². The summed E-state index contributed by atoms with van der Waals surface area (Å²) in [7, 11) is 0. The number of rotatable bonds is 0. The van der Waals surface area contributed by atoms with Gasteiger partial charge in [0.05, 0.1) is 0 Å². The van der Waals surface area contributed by atoms with Crippen molar-refractivity contribution in [2.24, 2.45) is 16.7 Å². The first-order valence-corrected chi connectivity index (χ1v) is 3.82. The van der Waals surface area contributed by atoms with Crippen LogP contribution in [0.2, 0.25) is 0 Å². The fraction of sp³-hybridized carbons (Fsp3) is 1.00. The molecule has 0 heterocycles. The van der Waals surface area contributed by atoms with E-state index in [0.717, 1.165) is 16.7 Å². The van der Waals surface area contributed by atoms with E-state index in [4.69, 9.17) is 0 Å². The average Bonchev–Trinajstić information content (AvgIpc) is 2.61. The fourth-order valence-corrected chi connectivity index (χ4v) is 3.12. The summed E-state index contributed by atoms with van der Waals surface area (Å²) in [6.07, 6.45) is 6.31. The third kappa shape index (κ3) is 0.178. The predicted octanol–water partition coefficient (Wildman–Crippen LogP) is 2.20. The second-order valence-corrected chi connectivity index (χ2v) is 4.03. The van der Waals surface area contributed by atoms with Crippen molar-refractivity contribution in [3.8, 4) is 0 Å². The number of hydrogen-bond donors (Lipinski definition) is 0. The Morgan fingerprint density at radius 2 is 1.38 bits per heavy atom. The van der Waals surface area contributed by atoms with E-state index in [9.17, 15) is 0 Å². The highest BCUT2D eigenvalue weighted by molar-refractivity contribution is 5.33. The van der Waals surface area contributed by atoms with Gasteiger partial charge in [-0.3, -0.25) is 0 Å². The molecule has 2 spiro atoms. The Morgan fingerprint density at radius 1 is 1.00 bits per heavy atom. The molecule has 0 amide bonds. The van der Waals surface area contributed by atoms with Crippen LogP contribution in [-0.2, 0) is 0 Å². The molecular weight excluding hydrogens is 96.1 g/mol. The molecule has 0 bridgehead atoms. The highest BCUT2D eigenvalue weighted by atomic mass is 14.9. The summed E-state index contributed by atoms with van der Waals surface area (Å²) in [5.74, 6) is 1.13. The molecule has 44 valence electrons. The molecule has 0 aromatic carbocycles. The lowest BCUT2D eigenvalue weighted by Crippen LogP contribution is -1.70. The van der Waals surface area contributed by atoms with Crippen LogP contribution in [0, 0.1) is 16.7 Å². The molecule has 0 heteroatoms. The van der Waals surface area contributed by atoms with Crippen molar-refractivity contribution < 1.29 is 0 Å². The Kier molecular flexibility index (Phi) is 0.342. The number of fused-ring (bicyclic) bond motifs is 1. The lowest BCUT2D eigenvalue weighted by atomic mass is 10.3. The van der Waals surface area contributed by atoms with E-state index in [-0.39, 0.29) is 0 Å². The maximum Gasteiger partial charge on any atom is -0.0207 e. The molecule has 3 aliphatic carbocycles. The molecule has 0 aliphatic heterocycles. The molecule has 0 radical (unpaired) electrons. The Balaban J connectivity index is 2.06. The van der Waals surface area contributed by atoms with Crippen LogP contribution < -0.4 is 0 Å². The van der Waals surface area contributed by atoms with Gasteiger partial charge in [0.15, 0.2) is 0 Å². The van der Waals surface area contributed by atoms with Gasteiger partial charge < -0.3 is 0 Å². The molecule has 3 aliphatic rings. The van der Waals surface area contributed by atoms with Crippen molar-refractivity contribution in [1.29, 1.82) is 0 Å². The molecule has 3 rings (SSSR count). The quantitative estimate of drug-likeness (QED) is 0.446. The second-order valence-electron chi connectivity index (χ2n) is 4.03. The van der Waals surface area contributed by atoms with E-state index in [1.807, 2.05) is 0 Å². The zero-order valence-electron chi connectivity index (χ0n) is 5.41. The lowest BCUT2D eigenvalue weighted by Gasteiger charge is -1.76. The summed E-state index contributed by atoms with van der Waals surface area (Å²) in [6.45, 7) is 2.46. The summed E-state index contributed by atoms with van der Waals surface area (Å²) >= 11 is 0. The molecule has 0 atom stereocenters. The molecule has 3 saturated carbocycles. The average molecular weight is 108 g/mol. The highest BCUT2D eigenvalue weighted by Gasteiger charge is 2.84. The van der Waals surface area contributed by atoms with Gasteiger partial charge in [0, 0.05) is 0 Å². The lowest BCUT2D eigenvalue weighted by molar-refractivity contribution is 0.716. The van der Waals surface area contributed by atoms with Crippen molar-refractivity contribution in [3.63, 3.8) is 0 Å². The van der Waals surface area contributed by atoms with Crippen LogP contribution in [-0.4, -0.2) is 0 Å². The van der Waals surface area contributed by atoms with Crippen LogP contribution in [0.4, 0.5) is 0 Å². The van der Waals surface area contributed by atoms with Crippen molar-refractivity contribution in [2.75, 3.05) is 0 Å². The van der Waals surface area contributed by atoms with Crippen LogP contribution in [0.5, 0.6) is 0 Å². The zero-order valence-corrected chi connectivity index (χ0v) is 5.41. The van der Waals surface area contributed by atoms with Gasteiger partial charge in [-0.1, -0.05) is 6.92 Å². The molecule has 0 unspecified atom stereocenters. The van der Waals surface area contributed by atoms with Gasteiger partial charge in [-0.15, -0.1) is 0 Å². The summed E-state index contributed by atoms with van der Waals surface area (Å²) in [5, 5.41) is 0. The van der Waals surface area contributed by atoms with Gasteiger partial charge in [-0.2, -0.15) is 0 Å². The van der Waals surface area contributed by atoms with Gasteiger partial charge >= 0.3 is 0 Å². The first-order valence-electron chi connectivity index (χ1n) is 3.82. The van der Waals surface area contributed by atoms with Gasteiger partial charge in [0.1, 0.15) is 0 Å². The van der Waals surface area contributed by atoms with Crippen LogP contribution in [0.25, 0.3) is 0 Å². The summed E-state index contributed by atoms with van der Waals surface area (Å²) in [6, 6.07) is 0. The fourth-order valence-electron chi connectivity index (χ4n) is 3.12. The first kappa shape index (κ1) is 3.92. The largest absolute Gasteiger partial charge is 0.0614 e. The minimum Gasteiger partial charge on any atom is -0.0614 e. The van der Waals surface area contributed by atoms with Gasteiger partial charge in [0.2, 0.25) is 0 Å². The van der Waals surface area contributed by atoms with E-state index in [0.29, 0.717) is 0 Å². The molecule has 0 nitrogen and oxygen atoms in total. The van der Waals surface area contributed by atoms with Crippen molar-refractivity contribution in [3.05, 3.63) is 0 Å². The minimum absolute atomic E-state index is 0.965. The van der Waals surface area contributed by atoms with E-state index in [1.165, 1.54) is 0 Å². The zero-order chi connectivity index (χ0) is 5.41. The number of hydrogen-bond acceptors (Lipinski definition) is 0. The normalized spacial score (nSPS) is 49.9. The Morgan fingerprint density at radius 3 is 1.50 bits per heavy atom. The maximum absolute atomic E-state index is 2.46. The first-order chi connectivity index (χ1) is 3.82. The summed E-state index contributed by atoms with van der Waals surface area (Å²) in [5.41, 5.74) is 1.93. The molecule has 0 aromatic heterocycles. The Bertz CT molecular complexity index is 131. The molecular formula is C8H12. The van der Waals surface area contributed by atoms with Crippen molar-refractivity contribution >= 4 is 0 Å². The molecule has 3 fully saturated rings. The second kappa shape index (κ2) is 0.698. The van der Waals surface area contributed by atoms with Crippen molar-refractivity contribution in [1.82, 2.24) is 0 Å². The molecule has 0 N–H and O–H groups in total. The van der Waals surface area contributed by atoms with E-state index >= 15 is 0 Å². The Hall–Kier alpha value is 0. The van der Waals surface area contributed by atoms with Gasteiger partial charge in [0.25, 0.3) is 0 Å². The smallest absolute Gasteiger partial charge is 0.0207 e. The summed E-state index contributed by atoms with van der Waals surface area (Å²) in [4.78, 5) is 0. The molecule has 0 saturated heterocycles. The highest BCUT2D eigenvalue weighted by Crippen LogP contribution is 2.92. The van der Waals surface area contributed by atoms with E-state index in [2.05, 4.69) is 6.92 Å². The standard InChI is InChI=1S/C8H12/c1-6-7(2-3-7)8(6)4-5-8/h6H,2-5H2,1H3. The third-order valence-corrected chi connectivity index (χ3v) is 4.14. The van der Waals surface area contributed by atoms with Crippen LogP contribution in [0.15, 0.2) is 0 Å².